The Kier molecular flexibility index (Phi) is 4.31. The first kappa shape index (κ1) is 14.7. The molecule has 1 N–H and O–H groups in total. The van der Waals surface area contributed by atoms with Crippen molar-refractivity contribution in [1.82, 2.24) is 19.7 Å². The predicted molar refractivity (Wildman–Crippen MR) is 75.5 cm³/mol. The van der Waals surface area contributed by atoms with E-state index in [0.29, 0.717) is 12.3 Å². The summed E-state index contributed by atoms with van der Waals surface area (Å²) in [6, 6.07) is 0.167. The zero-order valence-electron chi connectivity index (χ0n) is 12.0. The fourth-order valence-electron chi connectivity index (χ4n) is 1.57. The third kappa shape index (κ3) is 3.44. The van der Waals surface area contributed by atoms with Crippen molar-refractivity contribution in [3.05, 3.63) is 28.7 Å². The molecule has 0 aliphatic carbocycles. The van der Waals surface area contributed by atoms with E-state index >= 15 is 0 Å². The number of aromatic nitrogens is 4. The Morgan fingerprint density at radius 1 is 1.48 bits per heavy atom. The molecule has 21 heavy (non-hydrogen) atoms. The molecule has 0 spiro atoms. The number of nitrogens with one attached hydrogen (secondary N) is 1. The van der Waals surface area contributed by atoms with Crippen molar-refractivity contribution in [3.63, 3.8) is 0 Å². The van der Waals surface area contributed by atoms with Gasteiger partial charge in [0.05, 0.1) is 17.3 Å². The third-order valence-corrected chi connectivity index (χ3v) is 2.59. The van der Waals surface area contributed by atoms with Crippen molar-refractivity contribution in [2.75, 3.05) is 11.9 Å². The Hall–Kier alpha value is -2.71. The van der Waals surface area contributed by atoms with E-state index < -0.39 is 4.92 Å². The van der Waals surface area contributed by atoms with Crippen LogP contribution in [0.5, 0.6) is 11.6 Å². The maximum atomic E-state index is 11.0. The predicted octanol–water partition coefficient (Wildman–Crippen LogP) is 2.39. The van der Waals surface area contributed by atoms with E-state index in [4.69, 9.17) is 4.74 Å². The van der Waals surface area contributed by atoms with Crippen LogP contribution >= 0.6 is 0 Å². The second kappa shape index (κ2) is 6.16. The Bertz CT molecular complexity index is 640. The summed E-state index contributed by atoms with van der Waals surface area (Å²) in [5.41, 5.74) is -0.297. The van der Waals surface area contributed by atoms with Gasteiger partial charge in [0.25, 0.3) is 0 Å². The number of nitrogens with zero attached hydrogens (tertiary/aromatic N) is 5. The highest BCUT2D eigenvalue weighted by Gasteiger charge is 2.20. The van der Waals surface area contributed by atoms with Gasteiger partial charge in [0.2, 0.25) is 5.95 Å². The van der Waals surface area contributed by atoms with E-state index in [1.807, 2.05) is 20.8 Å². The second-order valence-corrected chi connectivity index (χ2v) is 4.52. The van der Waals surface area contributed by atoms with Crippen molar-refractivity contribution in [1.29, 1.82) is 0 Å². The van der Waals surface area contributed by atoms with E-state index in [1.165, 1.54) is 6.20 Å². The molecule has 9 nitrogen and oxygen atoms in total. The second-order valence-electron chi connectivity index (χ2n) is 4.52. The first-order valence-corrected chi connectivity index (χ1v) is 6.48. The van der Waals surface area contributed by atoms with Gasteiger partial charge in [0.15, 0.2) is 5.75 Å². The molecule has 0 fully saturated rings. The Morgan fingerprint density at radius 2 is 2.24 bits per heavy atom. The van der Waals surface area contributed by atoms with Gasteiger partial charge >= 0.3 is 11.6 Å². The fraction of sp³-hybridized carbons (Fsp3) is 0.417. The normalized spacial score (nSPS) is 10.7. The SMILES string of the molecule is CCNc1ncc([N+](=O)[O-])c(Oc2cnn(C(C)C)c2)n1. The zero-order valence-corrected chi connectivity index (χ0v) is 12.0. The molecule has 2 aromatic heterocycles. The molecular formula is C12H16N6O3. The van der Waals surface area contributed by atoms with Crippen LogP contribution in [0.3, 0.4) is 0 Å². The largest absolute Gasteiger partial charge is 0.430 e. The quantitative estimate of drug-likeness (QED) is 0.643. The molecule has 2 aromatic rings. The lowest BCUT2D eigenvalue weighted by atomic mass is 10.4. The summed E-state index contributed by atoms with van der Waals surface area (Å²) in [6.45, 7) is 6.40. The number of hydrogen-bond donors (Lipinski definition) is 1. The Labute approximate surface area is 121 Å². The van der Waals surface area contributed by atoms with Crippen LogP contribution in [-0.4, -0.2) is 31.2 Å². The van der Waals surface area contributed by atoms with Crippen LogP contribution in [0.1, 0.15) is 26.8 Å². The minimum absolute atomic E-state index is 0.116. The summed E-state index contributed by atoms with van der Waals surface area (Å²) in [6.07, 6.45) is 4.26. The summed E-state index contributed by atoms with van der Waals surface area (Å²) in [5.74, 6) is 0.538. The van der Waals surface area contributed by atoms with Gasteiger partial charge in [-0.05, 0) is 20.8 Å². The molecule has 0 bridgehead atoms. The molecule has 0 radical (unpaired) electrons. The van der Waals surface area contributed by atoms with Gasteiger partial charge in [0, 0.05) is 12.6 Å². The van der Waals surface area contributed by atoms with Crippen molar-refractivity contribution < 1.29 is 9.66 Å². The highest BCUT2D eigenvalue weighted by atomic mass is 16.6. The number of nitro groups is 1. The Morgan fingerprint density at radius 3 is 2.81 bits per heavy atom. The van der Waals surface area contributed by atoms with Crippen LogP contribution in [0.15, 0.2) is 18.6 Å². The van der Waals surface area contributed by atoms with Gasteiger partial charge in [0.1, 0.15) is 6.20 Å². The monoisotopic (exact) mass is 292 g/mol. The van der Waals surface area contributed by atoms with Crippen LogP contribution in [0.2, 0.25) is 0 Å². The first-order valence-electron chi connectivity index (χ1n) is 6.48. The van der Waals surface area contributed by atoms with E-state index in [-0.39, 0.29) is 23.6 Å². The minimum Gasteiger partial charge on any atom is -0.430 e. The zero-order chi connectivity index (χ0) is 15.4. The van der Waals surface area contributed by atoms with Gasteiger partial charge < -0.3 is 10.1 Å². The lowest BCUT2D eigenvalue weighted by molar-refractivity contribution is -0.386. The molecule has 0 atom stereocenters. The molecule has 9 heteroatoms. The number of anilines is 1. The molecule has 0 saturated carbocycles. The van der Waals surface area contributed by atoms with Gasteiger partial charge in [-0.25, -0.2) is 4.98 Å². The summed E-state index contributed by atoms with van der Waals surface area (Å²) >= 11 is 0. The van der Waals surface area contributed by atoms with Crippen molar-refractivity contribution >= 4 is 11.6 Å². The van der Waals surface area contributed by atoms with Crippen LogP contribution in [0.4, 0.5) is 11.6 Å². The standard InChI is InChI=1S/C12H16N6O3/c1-4-13-12-14-6-10(18(19)20)11(16-12)21-9-5-15-17(7-9)8(2)3/h5-8H,4H2,1-3H3,(H,13,14,16). The van der Waals surface area contributed by atoms with Gasteiger partial charge in [-0.2, -0.15) is 10.1 Å². The van der Waals surface area contributed by atoms with E-state index in [0.717, 1.165) is 6.20 Å². The average Bonchev–Trinajstić information content (AvgIpc) is 2.88. The molecule has 0 saturated heterocycles. The van der Waals surface area contributed by atoms with Crippen molar-refractivity contribution in [2.45, 2.75) is 26.8 Å². The third-order valence-electron chi connectivity index (χ3n) is 2.59. The Balaban J connectivity index is 2.31. The topological polar surface area (TPSA) is 108 Å². The molecule has 0 aliphatic heterocycles. The van der Waals surface area contributed by atoms with Gasteiger partial charge in [-0.1, -0.05) is 0 Å². The van der Waals surface area contributed by atoms with Gasteiger partial charge in [-0.3, -0.25) is 14.8 Å². The smallest absolute Gasteiger partial charge is 0.349 e. The molecule has 112 valence electrons. The van der Waals surface area contributed by atoms with Gasteiger partial charge in [-0.15, -0.1) is 0 Å². The fourth-order valence-corrected chi connectivity index (χ4v) is 1.57. The summed E-state index contributed by atoms with van der Waals surface area (Å²) in [7, 11) is 0. The number of rotatable bonds is 6. The van der Waals surface area contributed by atoms with E-state index in [9.17, 15) is 10.1 Å². The van der Waals surface area contributed by atoms with Crippen LogP contribution in [-0.2, 0) is 0 Å². The molecule has 0 aromatic carbocycles. The maximum Gasteiger partial charge on any atom is 0.349 e. The molecular weight excluding hydrogens is 276 g/mol. The van der Waals surface area contributed by atoms with Crippen LogP contribution in [0, 0.1) is 10.1 Å². The van der Waals surface area contributed by atoms with E-state index in [2.05, 4.69) is 20.4 Å². The molecule has 0 amide bonds. The lowest BCUT2D eigenvalue weighted by Gasteiger charge is -2.06. The van der Waals surface area contributed by atoms with Crippen molar-refractivity contribution in [3.8, 4) is 11.6 Å². The molecule has 2 heterocycles. The number of hydrogen-bond acceptors (Lipinski definition) is 7. The minimum atomic E-state index is -0.585. The summed E-state index contributed by atoms with van der Waals surface area (Å²) in [5, 5.41) is 18.0. The lowest BCUT2D eigenvalue weighted by Crippen LogP contribution is -2.05. The van der Waals surface area contributed by atoms with E-state index in [1.54, 1.807) is 10.9 Å². The molecule has 0 aliphatic rings. The van der Waals surface area contributed by atoms with Crippen molar-refractivity contribution in [2.24, 2.45) is 0 Å². The van der Waals surface area contributed by atoms with Crippen LogP contribution in [0.25, 0.3) is 0 Å². The summed E-state index contributed by atoms with van der Waals surface area (Å²) < 4.78 is 7.16. The highest BCUT2D eigenvalue weighted by Crippen LogP contribution is 2.29. The molecule has 2 rings (SSSR count). The highest BCUT2D eigenvalue weighted by molar-refractivity contribution is 5.44. The average molecular weight is 292 g/mol. The maximum absolute atomic E-state index is 11.0. The van der Waals surface area contributed by atoms with Crippen LogP contribution < -0.4 is 10.1 Å². The molecule has 0 unspecified atom stereocenters. The summed E-state index contributed by atoms with van der Waals surface area (Å²) in [4.78, 5) is 18.3. The number of ether oxygens (including phenoxy) is 1. The first-order chi connectivity index (χ1) is 10.0.